The second-order valence-corrected chi connectivity index (χ2v) is 8.71. The number of rotatable bonds is 3. The fourth-order valence-corrected chi connectivity index (χ4v) is 5.65. The van der Waals surface area contributed by atoms with Gasteiger partial charge in [0.1, 0.15) is 18.1 Å². The number of ether oxygens (including phenoxy) is 1. The number of benzene rings is 1. The molecule has 2 heterocycles. The number of fused-ring (bicyclic) bond motifs is 7. The van der Waals surface area contributed by atoms with Gasteiger partial charge in [0.25, 0.3) is 5.91 Å². The number of esters is 1. The number of nitrogens with zero attached hydrogens (tertiary/aromatic N) is 2. The van der Waals surface area contributed by atoms with Crippen LogP contribution >= 0.6 is 15.9 Å². The molecule has 1 amide bonds. The van der Waals surface area contributed by atoms with Gasteiger partial charge in [-0.15, -0.1) is 0 Å². The van der Waals surface area contributed by atoms with Crippen molar-refractivity contribution in [1.82, 2.24) is 4.57 Å². The Morgan fingerprint density at radius 2 is 2.04 bits per heavy atom. The monoisotopic (exact) mass is 446 g/mol. The molecule has 2 atom stereocenters. The maximum Gasteiger partial charge on any atom is 0.302 e. The van der Waals surface area contributed by atoms with E-state index in [-0.39, 0.29) is 12.5 Å². The lowest BCUT2D eigenvalue weighted by Gasteiger charge is -2.31. The standard InChI is InChI=1S/C21H20BrFN2O3/c1-11(26)28-10-16-17(22)7-14(23)8-18(16)25-5-4-24-19(21(25)27)9-15-12-2-3-13(6-12)20(15)24/h7-9,12-13H,2-6,10H2,1H3. The quantitative estimate of drug-likeness (QED) is 0.653. The number of hydrogen-bond donors (Lipinski definition) is 0. The first-order valence-corrected chi connectivity index (χ1v) is 10.4. The van der Waals surface area contributed by atoms with Crippen molar-refractivity contribution in [2.75, 3.05) is 11.4 Å². The van der Waals surface area contributed by atoms with Crippen LogP contribution in [0.5, 0.6) is 0 Å². The van der Waals surface area contributed by atoms with Gasteiger partial charge < -0.3 is 14.2 Å². The number of amides is 1. The number of anilines is 1. The molecule has 1 aromatic heterocycles. The smallest absolute Gasteiger partial charge is 0.302 e. The Kier molecular flexibility index (Phi) is 4.12. The third-order valence-corrected chi connectivity index (χ3v) is 7.00. The van der Waals surface area contributed by atoms with Gasteiger partial charge in [0.15, 0.2) is 0 Å². The number of carbonyl (C=O) groups is 2. The van der Waals surface area contributed by atoms with Crippen LogP contribution in [-0.2, 0) is 22.7 Å². The Labute approximate surface area is 170 Å². The summed E-state index contributed by atoms with van der Waals surface area (Å²) in [5.41, 5.74) is 4.42. The van der Waals surface area contributed by atoms with E-state index in [9.17, 15) is 14.0 Å². The zero-order valence-electron chi connectivity index (χ0n) is 15.5. The van der Waals surface area contributed by atoms with Gasteiger partial charge in [-0.05, 0) is 48.9 Å². The maximum absolute atomic E-state index is 14.1. The molecule has 146 valence electrons. The Morgan fingerprint density at radius 3 is 2.82 bits per heavy atom. The number of hydrogen-bond acceptors (Lipinski definition) is 3. The average Bonchev–Trinajstić information content (AvgIpc) is 3.33. The predicted octanol–water partition coefficient (Wildman–Crippen LogP) is 4.48. The lowest BCUT2D eigenvalue weighted by atomic mass is 9.98. The first-order valence-electron chi connectivity index (χ1n) is 9.60. The fraction of sp³-hybridized carbons (Fsp3) is 0.429. The van der Waals surface area contributed by atoms with Crippen LogP contribution in [0.1, 0.15) is 65.3 Å². The van der Waals surface area contributed by atoms with Gasteiger partial charge in [-0.25, -0.2) is 4.39 Å². The molecule has 1 aliphatic heterocycles. The molecule has 28 heavy (non-hydrogen) atoms. The van der Waals surface area contributed by atoms with Gasteiger partial charge in [-0.1, -0.05) is 15.9 Å². The largest absolute Gasteiger partial charge is 0.461 e. The van der Waals surface area contributed by atoms with Crippen molar-refractivity contribution in [1.29, 1.82) is 0 Å². The molecule has 2 bridgehead atoms. The van der Waals surface area contributed by atoms with E-state index in [0.29, 0.717) is 46.3 Å². The van der Waals surface area contributed by atoms with Gasteiger partial charge in [0.2, 0.25) is 0 Å². The Morgan fingerprint density at radius 1 is 1.25 bits per heavy atom. The second-order valence-electron chi connectivity index (χ2n) is 7.85. The topological polar surface area (TPSA) is 51.5 Å². The minimum absolute atomic E-state index is 0.0169. The average molecular weight is 447 g/mol. The van der Waals surface area contributed by atoms with Crippen LogP contribution in [0.4, 0.5) is 10.1 Å². The highest BCUT2D eigenvalue weighted by Gasteiger charge is 2.43. The number of carbonyl (C=O) groups excluding carboxylic acids is 2. The zero-order valence-corrected chi connectivity index (χ0v) is 17.1. The van der Waals surface area contributed by atoms with Gasteiger partial charge in [0.05, 0.1) is 5.69 Å². The van der Waals surface area contributed by atoms with Gasteiger partial charge in [0, 0.05) is 41.7 Å². The molecule has 0 saturated heterocycles. The van der Waals surface area contributed by atoms with Crippen LogP contribution in [0.3, 0.4) is 0 Å². The van der Waals surface area contributed by atoms with Crippen molar-refractivity contribution in [2.45, 2.75) is 51.2 Å². The first kappa shape index (κ1) is 17.9. The summed E-state index contributed by atoms with van der Waals surface area (Å²) in [5.74, 6) is 0.176. The van der Waals surface area contributed by atoms with Crippen LogP contribution in [-0.4, -0.2) is 23.0 Å². The Bertz CT molecular complexity index is 1020. The number of halogens is 2. The molecule has 5 nitrogen and oxygen atoms in total. The van der Waals surface area contributed by atoms with E-state index < -0.39 is 11.8 Å². The summed E-state index contributed by atoms with van der Waals surface area (Å²) in [4.78, 5) is 26.2. The van der Waals surface area contributed by atoms with Crippen LogP contribution in [0.15, 0.2) is 22.7 Å². The number of aromatic nitrogens is 1. The highest BCUT2D eigenvalue weighted by molar-refractivity contribution is 9.10. The Hall–Kier alpha value is -2.15. The molecule has 0 N–H and O–H groups in total. The summed E-state index contributed by atoms with van der Waals surface area (Å²) in [6.07, 6.45) is 3.64. The second kappa shape index (κ2) is 6.44. The summed E-state index contributed by atoms with van der Waals surface area (Å²) in [7, 11) is 0. The van der Waals surface area contributed by atoms with E-state index in [1.165, 1.54) is 49.6 Å². The van der Waals surface area contributed by atoms with Gasteiger partial charge in [-0.2, -0.15) is 0 Å². The third kappa shape index (κ3) is 2.63. The third-order valence-electron chi connectivity index (χ3n) is 6.29. The molecule has 0 spiro atoms. The van der Waals surface area contributed by atoms with E-state index in [1.54, 1.807) is 4.90 Å². The molecular weight excluding hydrogens is 427 g/mol. The molecule has 5 rings (SSSR count). The van der Waals surface area contributed by atoms with Crippen LogP contribution in [0.2, 0.25) is 0 Å². The van der Waals surface area contributed by atoms with Gasteiger partial charge >= 0.3 is 5.97 Å². The molecule has 7 heteroatoms. The van der Waals surface area contributed by atoms with Crippen LogP contribution in [0, 0.1) is 5.82 Å². The summed E-state index contributed by atoms with van der Waals surface area (Å²) >= 11 is 3.35. The zero-order chi connectivity index (χ0) is 19.6. The van der Waals surface area contributed by atoms with Crippen molar-refractivity contribution in [3.63, 3.8) is 0 Å². The van der Waals surface area contributed by atoms with Crippen molar-refractivity contribution in [2.24, 2.45) is 0 Å². The highest BCUT2D eigenvalue weighted by Crippen LogP contribution is 2.54. The lowest BCUT2D eigenvalue weighted by Crippen LogP contribution is -2.41. The fourth-order valence-electron chi connectivity index (χ4n) is 5.12. The molecule has 2 aliphatic carbocycles. The summed E-state index contributed by atoms with van der Waals surface area (Å²) < 4.78 is 21.9. The summed E-state index contributed by atoms with van der Waals surface area (Å²) in [6.45, 7) is 2.47. The maximum atomic E-state index is 14.1. The van der Waals surface area contributed by atoms with E-state index in [4.69, 9.17) is 4.74 Å². The lowest BCUT2D eigenvalue weighted by molar-refractivity contribution is -0.142. The normalized spacial score (nSPS) is 22.4. The summed E-state index contributed by atoms with van der Waals surface area (Å²) in [6, 6.07) is 4.72. The molecule has 3 aliphatic rings. The molecule has 1 fully saturated rings. The van der Waals surface area contributed by atoms with Crippen molar-refractivity contribution >= 4 is 33.5 Å². The van der Waals surface area contributed by atoms with Crippen molar-refractivity contribution in [3.05, 3.63) is 51.0 Å². The van der Waals surface area contributed by atoms with Crippen LogP contribution in [0.25, 0.3) is 0 Å². The van der Waals surface area contributed by atoms with Crippen LogP contribution < -0.4 is 4.90 Å². The van der Waals surface area contributed by atoms with E-state index in [1.807, 2.05) is 6.07 Å². The Balaban J connectivity index is 1.54. The molecule has 0 radical (unpaired) electrons. The molecule has 1 saturated carbocycles. The molecule has 1 aromatic carbocycles. The SMILES string of the molecule is CC(=O)OCc1c(Br)cc(F)cc1N1CCn2c(cc3c2C2CCC3C2)C1=O. The van der Waals surface area contributed by atoms with Gasteiger partial charge in [-0.3, -0.25) is 9.59 Å². The first-order chi connectivity index (χ1) is 13.4. The van der Waals surface area contributed by atoms with Crippen molar-refractivity contribution in [3.8, 4) is 0 Å². The minimum atomic E-state index is -0.442. The molecular formula is C21H20BrFN2O3. The predicted molar refractivity (Wildman–Crippen MR) is 105 cm³/mol. The van der Waals surface area contributed by atoms with E-state index in [2.05, 4.69) is 20.5 Å². The molecule has 2 aromatic rings. The van der Waals surface area contributed by atoms with E-state index in [0.717, 1.165) is 0 Å². The minimum Gasteiger partial charge on any atom is -0.461 e. The van der Waals surface area contributed by atoms with E-state index >= 15 is 0 Å². The summed E-state index contributed by atoms with van der Waals surface area (Å²) in [5, 5.41) is 0. The highest BCUT2D eigenvalue weighted by atomic mass is 79.9. The molecule has 2 unspecified atom stereocenters. The van der Waals surface area contributed by atoms with Crippen molar-refractivity contribution < 1.29 is 18.7 Å².